The number of aromatic nitrogens is 2. The molecule has 4 heteroatoms. The predicted octanol–water partition coefficient (Wildman–Crippen LogP) is 6.21. The Kier molecular flexibility index (Phi) is 16.1. The van der Waals surface area contributed by atoms with Gasteiger partial charge in [-0.25, -0.2) is 4.98 Å². The van der Waals surface area contributed by atoms with Crippen molar-refractivity contribution in [3.05, 3.63) is 66.8 Å². The van der Waals surface area contributed by atoms with Gasteiger partial charge in [-0.05, 0) is 44.9 Å². The molecule has 0 aliphatic rings. The molecule has 0 aromatic carbocycles. The summed E-state index contributed by atoms with van der Waals surface area (Å²) in [5.41, 5.74) is 1.05. The summed E-state index contributed by atoms with van der Waals surface area (Å²) < 4.78 is 0. The fraction of sp³-hybridized carbons (Fsp3) is 0.520. The monoisotopic (exact) mass is 397 g/mol. The van der Waals surface area contributed by atoms with E-state index in [0.29, 0.717) is 13.0 Å². The first kappa shape index (κ1) is 24.7. The van der Waals surface area contributed by atoms with Crippen molar-refractivity contribution in [3.63, 3.8) is 0 Å². The molecule has 0 fully saturated rings. The highest BCUT2D eigenvalue weighted by molar-refractivity contribution is 5.75. The van der Waals surface area contributed by atoms with Crippen LogP contribution < -0.4 is 5.32 Å². The highest BCUT2D eigenvalue weighted by Gasteiger charge is 2.00. The van der Waals surface area contributed by atoms with Crippen LogP contribution in [0.4, 0.5) is 0 Å². The van der Waals surface area contributed by atoms with Crippen molar-refractivity contribution in [1.82, 2.24) is 15.3 Å². The van der Waals surface area contributed by atoms with Gasteiger partial charge in [0, 0.05) is 31.3 Å². The maximum absolute atomic E-state index is 11.7. The smallest absolute Gasteiger partial charge is 0.220 e. The fourth-order valence-corrected chi connectivity index (χ4v) is 2.79. The molecule has 2 N–H and O–H groups in total. The second-order valence-electron chi connectivity index (χ2n) is 7.16. The molecule has 0 spiro atoms. The van der Waals surface area contributed by atoms with Crippen molar-refractivity contribution < 1.29 is 4.79 Å². The summed E-state index contributed by atoms with van der Waals surface area (Å²) in [4.78, 5) is 18.7. The molecule has 0 atom stereocenters. The van der Waals surface area contributed by atoms with Crippen molar-refractivity contribution in [3.8, 4) is 0 Å². The Morgan fingerprint density at radius 3 is 2.14 bits per heavy atom. The van der Waals surface area contributed by atoms with Crippen LogP contribution in [-0.4, -0.2) is 22.4 Å². The van der Waals surface area contributed by atoms with Crippen molar-refractivity contribution in [2.24, 2.45) is 0 Å². The van der Waals surface area contributed by atoms with Crippen molar-refractivity contribution in [1.29, 1.82) is 0 Å². The first-order chi connectivity index (χ1) is 14.3. The average molecular weight is 398 g/mol. The molecule has 1 aromatic rings. The number of carbonyl (C=O) groups is 1. The van der Waals surface area contributed by atoms with E-state index >= 15 is 0 Å². The number of amides is 1. The predicted molar refractivity (Wildman–Crippen MR) is 124 cm³/mol. The number of carbonyl (C=O) groups excluding carboxylic acids is 1. The van der Waals surface area contributed by atoms with E-state index in [1.165, 1.54) is 25.7 Å². The van der Waals surface area contributed by atoms with Gasteiger partial charge in [0.05, 0.1) is 6.33 Å². The number of H-pyrrole nitrogens is 1. The summed E-state index contributed by atoms with van der Waals surface area (Å²) in [6, 6.07) is 0. The zero-order valence-corrected chi connectivity index (χ0v) is 18.1. The summed E-state index contributed by atoms with van der Waals surface area (Å²) >= 11 is 0. The minimum Gasteiger partial charge on any atom is -0.356 e. The van der Waals surface area contributed by atoms with E-state index < -0.39 is 0 Å². The van der Waals surface area contributed by atoms with Gasteiger partial charge in [-0.15, -0.1) is 0 Å². The number of allylic oxidation sites excluding steroid dienone is 8. The van der Waals surface area contributed by atoms with Gasteiger partial charge in [-0.1, -0.05) is 68.4 Å². The van der Waals surface area contributed by atoms with Gasteiger partial charge in [-0.2, -0.15) is 0 Å². The molecule has 0 aliphatic heterocycles. The quantitative estimate of drug-likeness (QED) is 0.242. The zero-order valence-electron chi connectivity index (χ0n) is 18.1. The van der Waals surface area contributed by atoms with E-state index in [1.54, 1.807) is 12.5 Å². The maximum Gasteiger partial charge on any atom is 0.220 e. The fourth-order valence-electron chi connectivity index (χ4n) is 2.79. The number of hydrogen-bond donors (Lipinski definition) is 2. The molecule has 4 nitrogen and oxygen atoms in total. The number of unbranched alkanes of at least 4 members (excludes halogenated alkanes) is 4. The van der Waals surface area contributed by atoms with Gasteiger partial charge in [0.2, 0.25) is 5.91 Å². The van der Waals surface area contributed by atoms with Crippen molar-refractivity contribution in [2.75, 3.05) is 6.54 Å². The number of hydrogen-bond acceptors (Lipinski definition) is 2. The Hall–Kier alpha value is -2.36. The first-order valence-corrected chi connectivity index (χ1v) is 11.2. The molecular weight excluding hydrogens is 358 g/mol. The van der Waals surface area contributed by atoms with Gasteiger partial charge >= 0.3 is 0 Å². The third-order valence-corrected chi connectivity index (χ3v) is 4.50. The summed E-state index contributed by atoms with van der Waals surface area (Å²) in [7, 11) is 0. The highest BCUT2D eigenvalue weighted by atomic mass is 16.1. The van der Waals surface area contributed by atoms with Crippen LogP contribution in [-0.2, 0) is 11.2 Å². The molecule has 0 saturated carbocycles. The summed E-state index contributed by atoms with van der Waals surface area (Å²) in [5.74, 6) is 0.125. The second kappa shape index (κ2) is 19.0. The molecule has 1 amide bonds. The molecular formula is C25H39N3O. The standard InChI is InChI=1S/C25H39N3O/c1-2-3-4-5-6-7-8-9-10-11-12-13-14-15-16-17-18-19-25(29)27-21-20-24-22-26-23-28-24/h6-7,9-10,12-13,15-16,22-23H,2-5,8,11,14,17-21H2,1H3,(H,26,28)(H,27,29)/b7-6-,10-9-,13-12-,16-15-. The van der Waals surface area contributed by atoms with Gasteiger partial charge in [0.15, 0.2) is 0 Å². The Bertz CT molecular complexity index is 612. The number of nitrogens with zero attached hydrogens (tertiary/aromatic N) is 1. The third kappa shape index (κ3) is 16.3. The lowest BCUT2D eigenvalue weighted by Crippen LogP contribution is -2.25. The minimum absolute atomic E-state index is 0.125. The Morgan fingerprint density at radius 1 is 0.931 bits per heavy atom. The Labute approximate surface area is 177 Å². The molecule has 160 valence electrons. The molecule has 0 aliphatic carbocycles. The van der Waals surface area contributed by atoms with Crippen LogP contribution in [0.1, 0.15) is 76.8 Å². The van der Waals surface area contributed by atoms with Crippen LogP contribution in [0.3, 0.4) is 0 Å². The van der Waals surface area contributed by atoms with Gasteiger partial charge < -0.3 is 10.3 Å². The third-order valence-electron chi connectivity index (χ3n) is 4.50. The Balaban J connectivity index is 1.90. The molecule has 1 aromatic heterocycles. The van der Waals surface area contributed by atoms with Crippen LogP contribution in [0.25, 0.3) is 0 Å². The van der Waals surface area contributed by atoms with E-state index in [1.807, 2.05) is 0 Å². The molecule has 1 rings (SSSR count). The van der Waals surface area contributed by atoms with Gasteiger partial charge in [0.1, 0.15) is 0 Å². The topological polar surface area (TPSA) is 57.8 Å². The van der Waals surface area contributed by atoms with Crippen LogP contribution in [0.2, 0.25) is 0 Å². The molecule has 0 saturated heterocycles. The van der Waals surface area contributed by atoms with Gasteiger partial charge in [-0.3, -0.25) is 4.79 Å². The van der Waals surface area contributed by atoms with Crippen LogP contribution >= 0.6 is 0 Å². The lowest BCUT2D eigenvalue weighted by atomic mass is 10.2. The summed E-state index contributed by atoms with van der Waals surface area (Å²) in [6.45, 7) is 2.90. The average Bonchev–Trinajstić information content (AvgIpc) is 3.24. The van der Waals surface area contributed by atoms with Gasteiger partial charge in [0.25, 0.3) is 0 Å². The Morgan fingerprint density at radius 2 is 1.55 bits per heavy atom. The van der Waals surface area contributed by atoms with Crippen LogP contribution in [0.15, 0.2) is 61.1 Å². The first-order valence-electron chi connectivity index (χ1n) is 11.2. The van der Waals surface area contributed by atoms with Crippen molar-refractivity contribution >= 4 is 5.91 Å². The highest BCUT2D eigenvalue weighted by Crippen LogP contribution is 2.01. The molecule has 29 heavy (non-hydrogen) atoms. The number of aromatic amines is 1. The molecule has 0 unspecified atom stereocenters. The largest absolute Gasteiger partial charge is 0.356 e. The SMILES string of the molecule is CCCCC/C=C\C/C=C\C/C=C\C/C=C\CCCC(=O)NCCc1cnc[nH]1. The summed E-state index contributed by atoms with van der Waals surface area (Å²) in [5, 5.41) is 2.94. The molecule has 1 heterocycles. The minimum atomic E-state index is 0.125. The number of imidazole rings is 1. The van der Waals surface area contributed by atoms with Crippen molar-refractivity contribution in [2.45, 2.75) is 77.6 Å². The lowest BCUT2D eigenvalue weighted by Gasteiger charge is -2.03. The van der Waals surface area contributed by atoms with E-state index in [-0.39, 0.29) is 5.91 Å². The van der Waals surface area contributed by atoms with Crippen LogP contribution in [0, 0.1) is 0 Å². The molecule has 0 radical (unpaired) electrons. The second-order valence-corrected chi connectivity index (χ2v) is 7.16. The normalized spacial score (nSPS) is 12.2. The van der Waals surface area contributed by atoms with E-state index in [2.05, 4.69) is 70.8 Å². The zero-order chi connectivity index (χ0) is 20.8. The van der Waals surface area contributed by atoms with E-state index in [0.717, 1.165) is 44.2 Å². The maximum atomic E-state index is 11.7. The van der Waals surface area contributed by atoms with E-state index in [9.17, 15) is 4.79 Å². The van der Waals surface area contributed by atoms with Crippen LogP contribution in [0.5, 0.6) is 0 Å². The number of rotatable bonds is 17. The molecule has 0 bridgehead atoms. The lowest BCUT2D eigenvalue weighted by molar-refractivity contribution is -0.121. The summed E-state index contributed by atoms with van der Waals surface area (Å²) in [6.07, 6.45) is 32.6. The van der Waals surface area contributed by atoms with E-state index in [4.69, 9.17) is 0 Å². The number of nitrogens with one attached hydrogen (secondary N) is 2.